The molecule has 0 aromatic carbocycles. The van der Waals surface area contributed by atoms with E-state index in [2.05, 4.69) is 30.0 Å². The van der Waals surface area contributed by atoms with Crippen molar-refractivity contribution in [2.45, 2.75) is 45.2 Å². The van der Waals surface area contributed by atoms with Crippen molar-refractivity contribution in [1.29, 1.82) is 0 Å². The fraction of sp³-hybridized carbons (Fsp3) is 0.786. The summed E-state index contributed by atoms with van der Waals surface area (Å²) in [6.45, 7) is 6.56. The molecule has 1 heterocycles. The van der Waals surface area contributed by atoms with Crippen molar-refractivity contribution in [3.8, 4) is 0 Å². The highest BCUT2D eigenvalue weighted by Gasteiger charge is 2.28. The molecule has 0 aliphatic heterocycles. The number of aromatic nitrogens is 2. The van der Waals surface area contributed by atoms with Gasteiger partial charge in [-0.3, -0.25) is 9.58 Å². The van der Waals surface area contributed by atoms with Gasteiger partial charge in [-0.2, -0.15) is 5.10 Å². The lowest BCUT2D eigenvalue weighted by Gasteiger charge is -2.38. The molecular weight excluding hydrogens is 224 g/mol. The van der Waals surface area contributed by atoms with E-state index < -0.39 is 0 Å². The van der Waals surface area contributed by atoms with Gasteiger partial charge in [0.2, 0.25) is 0 Å². The molecule has 0 spiro atoms. The SMILES string of the molecule is CCN(CC1CCC1)C(c1cnn(C)c1)C(C)N. The summed E-state index contributed by atoms with van der Waals surface area (Å²) >= 11 is 0. The number of aryl methyl sites for hydroxylation is 1. The first-order valence-corrected chi connectivity index (χ1v) is 7.10. The van der Waals surface area contributed by atoms with Crippen LogP contribution in [0.3, 0.4) is 0 Å². The number of hydrogen-bond donors (Lipinski definition) is 1. The summed E-state index contributed by atoms with van der Waals surface area (Å²) in [5.74, 6) is 0.878. The maximum absolute atomic E-state index is 6.21. The average Bonchev–Trinajstić information content (AvgIpc) is 2.67. The van der Waals surface area contributed by atoms with E-state index in [0.717, 1.165) is 12.5 Å². The van der Waals surface area contributed by atoms with Gasteiger partial charge in [0.1, 0.15) is 0 Å². The van der Waals surface area contributed by atoms with Gasteiger partial charge in [0.15, 0.2) is 0 Å². The molecule has 4 nitrogen and oxygen atoms in total. The van der Waals surface area contributed by atoms with Gasteiger partial charge in [-0.15, -0.1) is 0 Å². The molecule has 1 aromatic heterocycles. The zero-order chi connectivity index (χ0) is 13.1. The number of likely N-dealkylation sites (N-methyl/N-ethyl adjacent to an activating group) is 1. The average molecular weight is 250 g/mol. The van der Waals surface area contributed by atoms with Crippen LogP contribution in [0, 0.1) is 5.92 Å². The topological polar surface area (TPSA) is 47.1 Å². The van der Waals surface area contributed by atoms with Crippen molar-refractivity contribution in [1.82, 2.24) is 14.7 Å². The highest BCUT2D eigenvalue weighted by Crippen LogP contribution is 2.31. The van der Waals surface area contributed by atoms with Crippen molar-refractivity contribution < 1.29 is 0 Å². The second-order valence-corrected chi connectivity index (χ2v) is 5.64. The first-order chi connectivity index (χ1) is 8.61. The first kappa shape index (κ1) is 13.6. The Morgan fingerprint density at radius 1 is 1.56 bits per heavy atom. The van der Waals surface area contributed by atoms with Crippen LogP contribution in [0.1, 0.15) is 44.7 Å². The predicted molar refractivity (Wildman–Crippen MR) is 74.2 cm³/mol. The van der Waals surface area contributed by atoms with Crippen LogP contribution in [0.15, 0.2) is 12.4 Å². The maximum Gasteiger partial charge on any atom is 0.0538 e. The van der Waals surface area contributed by atoms with Crippen molar-refractivity contribution in [3.05, 3.63) is 18.0 Å². The third-order valence-electron chi connectivity index (χ3n) is 4.08. The van der Waals surface area contributed by atoms with E-state index in [1.54, 1.807) is 0 Å². The molecule has 0 amide bonds. The molecule has 2 rings (SSSR count). The zero-order valence-electron chi connectivity index (χ0n) is 11.8. The molecule has 2 N–H and O–H groups in total. The van der Waals surface area contributed by atoms with Crippen LogP contribution in [-0.4, -0.2) is 33.8 Å². The van der Waals surface area contributed by atoms with E-state index in [9.17, 15) is 0 Å². The monoisotopic (exact) mass is 250 g/mol. The van der Waals surface area contributed by atoms with Crippen LogP contribution in [0.2, 0.25) is 0 Å². The fourth-order valence-electron chi connectivity index (χ4n) is 2.89. The number of nitrogens with two attached hydrogens (primary N) is 1. The molecule has 4 heteroatoms. The summed E-state index contributed by atoms with van der Waals surface area (Å²) in [6, 6.07) is 0.429. The molecule has 0 saturated heterocycles. The minimum absolute atomic E-state index is 0.134. The van der Waals surface area contributed by atoms with E-state index in [4.69, 9.17) is 5.73 Å². The lowest BCUT2D eigenvalue weighted by Crippen LogP contribution is -2.42. The molecule has 2 unspecified atom stereocenters. The molecule has 2 atom stereocenters. The van der Waals surface area contributed by atoms with Crippen LogP contribution in [-0.2, 0) is 7.05 Å². The summed E-state index contributed by atoms with van der Waals surface area (Å²) in [5.41, 5.74) is 7.46. The fourth-order valence-corrected chi connectivity index (χ4v) is 2.89. The first-order valence-electron chi connectivity index (χ1n) is 7.10. The van der Waals surface area contributed by atoms with Gasteiger partial charge in [0, 0.05) is 31.4 Å². The van der Waals surface area contributed by atoms with E-state index >= 15 is 0 Å². The Morgan fingerprint density at radius 3 is 2.67 bits per heavy atom. The predicted octanol–water partition coefficient (Wildman–Crippen LogP) is 1.93. The van der Waals surface area contributed by atoms with Gasteiger partial charge in [0.25, 0.3) is 0 Å². The second-order valence-electron chi connectivity index (χ2n) is 5.64. The number of hydrogen-bond acceptors (Lipinski definition) is 3. The Balaban J connectivity index is 2.11. The molecule has 1 aromatic rings. The quantitative estimate of drug-likeness (QED) is 0.839. The molecule has 1 aliphatic rings. The summed E-state index contributed by atoms with van der Waals surface area (Å²) < 4.78 is 1.86. The van der Waals surface area contributed by atoms with E-state index in [1.807, 2.05) is 17.9 Å². The standard InChI is InChI=1S/C14H26N4/c1-4-18(9-12-6-5-7-12)14(11(2)15)13-8-16-17(3)10-13/h8,10-12,14H,4-7,9,15H2,1-3H3. The molecule has 18 heavy (non-hydrogen) atoms. The molecular formula is C14H26N4. The van der Waals surface area contributed by atoms with Gasteiger partial charge in [-0.25, -0.2) is 0 Å². The Labute approximate surface area is 110 Å². The normalized spacial score (nSPS) is 19.8. The Bertz CT molecular complexity index is 368. The second kappa shape index (κ2) is 5.85. The van der Waals surface area contributed by atoms with E-state index in [1.165, 1.54) is 31.4 Å². The largest absolute Gasteiger partial charge is 0.326 e. The Kier molecular flexibility index (Phi) is 4.40. The van der Waals surface area contributed by atoms with Gasteiger partial charge < -0.3 is 5.73 Å². The van der Waals surface area contributed by atoms with Crippen molar-refractivity contribution >= 4 is 0 Å². The Morgan fingerprint density at radius 2 is 2.28 bits per heavy atom. The van der Waals surface area contributed by atoms with E-state index in [-0.39, 0.29) is 6.04 Å². The van der Waals surface area contributed by atoms with Crippen molar-refractivity contribution in [2.24, 2.45) is 18.7 Å². The van der Waals surface area contributed by atoms with Crippen LogP contribution >= 0.6 is 0 Å². The lowest BCUT2D eigenvalue weighted by molar-refractivity contribution is 0.125. The summed E-state index contributed by atoms with van der Waals surface area (Å²) in [6.07, 6.45) is 8.22. The molecule has 1 fully saturated rings. The lowest BCUT2D eigenvalue weighted by atomic mass is 9.84. The van der Waals surface area contributed by atoms with Crippen molar-refractivity contribution in [3.63, 3.8) is 0 Å². The number of nitrogens with zero attached hydrogens (tertiary/aromatic N) is 3. The third-order valence-corrected chi connectivity index (χ3v) is 4.08. The van der Waals surface area contributed by atoms with Gasteiger partial charge in [0.05, 0.1) is 12.2 Å². The van der Waals surface area contributed by atoms with Gasteiger partial charge in [-0.05, 0) is 32.2 Å². The summed E-state index contributed by atoms with van der Waals surface area (Å²) in [4.78, 5) is 2.52. The minimum atomic E-state index is 0.134. The minimum Gasteiger partial charge on any atom is -0.326 e. The Hall–Kier alpha value is -0.870. The molecule has 0 bridgehead atoms. The van der Waals surface area contributed by atoms with Crippen molar-refractivity contribution in [2.75, 3.05) is 13.1 Å². The molecule has 1 saturated carbocycles. The highest BCUT2D eigenvalue weighted by atomic mass is 15.3. The smallest absolute Gasteiger partial charge is 0.0538 e. The molecule has 1 aliphatic carbocycles. The maximum atomic E-state index is 6.21. The third kappa shape index (κ3) is 2.93. The number of rotatable bonds is 6. The summed E-state index contributed by atoms with van der Waals surface area (Å²) in [7, 11) is 1.96. The zero-order valence-corrected chi connectivity index (χ0v) is 11.8. The van der Waals surface area contributed by atoms with Crippen LogP contribution < -0.4 is 5.73 Å². The molecule has 102 valence electrons. The van der Waals surface area contributed by atoms with Gasteiger partial charge in [-0.1, -0.05) is 13.3 Å². The van der Waals surface area contributed by atoms with Crippen LogP contribution in [0.4, 0.5) is 0 Å². The van der Waals surface area contributed by atoms with E-state index in [0.29, 0.717) is 6.04 Å². The van der Waals surface area contributed by atoms with Crippen LogP contribution in [0.25, 0.3) is 0 Å². The highest BCUT2D eigenvalue weighted by molar-refractivity contribution is 5.13. The molecule has 0 radical (unpaired) electrons. The summed E-state index contributed by atoms with van der Waals surface area (Å²) in [5, 5.41) is 4.28. The van der Waals surface area contributed by atoms with Crippen LogP contribution in [0.5, 0.6) is 0 Å². The van der Waals surface area contributed by atoms with Gasteiger partial charge >= 0.3 is 0 Å².